The van der Waals surface area contributed by atoms with Gasteiger partial charge in [-0.05, 0) is 12.5 Å². The van der Waals surface area contributed by atoms with Crippen molar-refractivity contribution in [3.63, 3.8) is 0 Å². The first kappa shape index (κ1) is 22.6. The summed E-state index contributed by atoms with van der Waals surface area (Å²) < 4.78 is 4.85. The van der Waals surface area contributed by atoms with Crippen molar-refractivity contribution in [3.8, 4) is 0 Å². The summed E-state index contributed by atoms with van der Waals surface area (Å²) in [6.07, 6.45) is 13.8. The molecule has 0 N–H and O–H groups in total. The van der Waals surface area contributed by atoms with E-state index in [4.69, 9.17) is 4.74 Å². The molecule has 0 saturated carbocycles. The first-order valence-corrected chi connectivity index (χ1v) is 7.72. The molecule has 21 heavy (non-hydrogen) atoms. The number of hydrogen-bond acceptors (Lipinski definition) is 4. The Balaban J connectivity index is 0. The summed E-state index contributed by atoms with van der Waals surface area (Å²) in [5, 5.41) is 10.1. The van der Waals surface area contributed by atoms with Gasteiger partial charge in [0, 0.05) is 6.08 Å². The van der Waals surface area contributed by atoms with E-state index in [0.717, 1.165) is 18.9 Å². The van der Waals surface area contributed by atoms with Crippen molar-refractivity contribution in [2.24, 2.45) is 0 Å². The first-order chi connectivity index (χ1) is 9.66. The Bertz CT molecular complexity index is 290. The van der Waals surface area contributed by atoms with Crippen LogP contribution in [-0.4, -0.2) is 18.5 Å². The van der Waals surface area contributed by atoms with E-state index in [9.17, 15) is 14.7 Å². The van der Waals surface area contributed by atoms with Crippen LogP contribution in [0.25, 0.3) is 0 Å². The fourth-order valence-corrected chi connectivity index (χ4v) is 1.95. The van der Waals surface area contributed by atoms with Crippen molar-refractivity contribution >= 4 is 11.9 Å². The third kappa shape index (κ3) is 19.3. The molecule has 0 aromatic heterocycles. The van der Waals surface area contributed by atoms with Gasteiger partial charge in [0.2, 0.25) is 0 Å². The maximum Gasteiger partial charge on any atom is 2.00 e. The minimum Gasteiger partial charge on any atom is -0.545 e. The molecule has 0 radical (unpaired) electrons. The van der Waals surface area contributed by atoms with Crippen LogP contribution >= 0.6 is 0 Å². The summed E-state index contributed by atoms with van der Waals surface area (Å²) in [6, 6.07) is 0. The minimum absolute atomic E-state index is 0. The molecule has 0 bridgehead atoms. The zero-order valence-electron chi connectivity index (χ0n) is 13.3. The molecule has 0 atom stereocenters. The van der Waals surface area contributed by atoms with Crippen LogP contribution in [-0.2, 0) is 33.8 Å². The molecule has 0 aliphatic carbocycles. The van der Waals surface area contributed by atoms with Gasteiger partial charge in [-0.25, -0.2) is 4.79 Å². The van der Waals surface area contributed by atoms with Crippen LogP contribution in [0.1, 0.15) is 71.1 Å². The molecule has 0 amide bonds. The van der Waals surface area contributed by atoms with Crippen molar-refractivity contribution in [1.82, 2.24) is 0 Å². The van der Waals surface area contributed by atoms with Crippen molar-refractivity contribution < 1.29 is 38.9 Å². The van der Waals surface area contributed by atoms with Crippen LogP contribution < -0.4 is 5.11 Å². The van der Waals surface area contributed by atoms with Gasteiger partial charge in [-0.2, -0.15) is 0 Å². The summed E-state index contributed by atoms with van der Waals surface area (Å²) >= 11 is 0. The fraction of sp³-hybridized carbons (Fsp3) is 0.750. The van der Waals surface area contributed by atoms with Crippen molar-refractivity contribution in [1.29, 1.82) is 0 Å². The Morgan fingerprint density at radius 3 is 1.81 bits per heavy atom. The summed E-state index contributed by atoms with van der Waals surface area (Å²) in [4.78, 5) is 21.1. The van der Waals surface area contributed by atoms with E-state index in [-0.39, 0.29) is 19.5 Å². The number of rotatable bonds is 13. The Hall–Kier alpha value is -0.697. The van der Waals surface area contributed by atoms with E-state index in [1.165, 1.54) is 51.4 Å². The number of carbonyl (C=O) groups is 2. The van der Waals surface area contributed by atoms with Crippen molar-refractivity contribution in [2.45, 2.75) is 71.1 Å². The number of esters is 1. The van der Waals surface area contributed by atoms with Gasteiger partial charge < -0.3 is 14.6 Å². The van der Waals surface area contributed by atoms with E-state index in [2.05, 4.69) is 6.92 Å². The van der Waals surface area contributed by atoms with Crippen LogP contribution in [0.4, 0.5) is 0 Å². The molecule has 0 rings (SSSR count). The molecule has 0 saturated heterocycles. The van der Waals surface area contributed by atoms with Gasteiger partial charge in [0.05, 0.1) is 12.6 Å². The summed E-state index contributed by atoms with van der Waals surface area (Å²) in [7, 11) is 0. The maximum absolute atomic E-state index is 11.0. The Morgan fingerprint density at radius 2 is 1.33 bits per heavy atom. The maximum atomic E-state index is 11.0. The first-order valence-electron chi connectivity index (χ1n) is 7.72. The smallest absolute Gasteiger partial charge is 0.545 e. The SMILES string of the molecule is CCCCCCCCCCCCOC(=O)/C=C/C(=O)[O-].[Zn+2]. The minimum atomic E-state index is -1.39. The molecule has 0 aliphatic heterocycles. The van der Waals surface area contributed by atoms with E-state index in [0.29, 0.717) is 12.7 Å². The van der Waals surface area contributed by atoms with E-state index < -0.39 is 11.9 Å². The molecule has 0 aromatic carbocycles. The molecular weight excluding hydrogens is 322 g/mol. The molecular formula is C16H27O4Zn+. The Morgan fingerprint density at radius 1 is 0.857 bits per heavy atom. The molecule has 0 fully saturated rings. The van der Waals surface area contributed by atoms with Gasteiger partial charge in [-0.15, -0.1) is 0 Å². The second-order valence-electron chi connectivity index (χ2n) is 5.00. The molecule has 116 valence electrons. The normalized spacial score (nSPS) is 10.3. The van der Waals surface area contributed by atoms with E-state index >= 15 is 0 Å². The second kappa shape index (κ2) is 17.4. The monoisotopic (exact) mass is 347 g/mol. The number of carbonyl (C=O) groups excluding carboxylic acids is 2. The number of hydrogen-bond donors (Lipinski definition) is 0. The number of carboxylic acids is 1. The molecule has 4 nitrogen and oxygen atoms in total. The fourth-order valence-electron chi connectivity index (χ4n) is 1.95. The Kier molecular flexibility index (Phi) is 18.7. The van der Waals surface area contributed by atoms with Crippen molar-refractivity contribution in [2.75, 3.05) is 6.61 Å². The molecule has 0 aliphatic rings. The molecule has 0 heterocycles. The van der Waals surface area contributed by atoms with Gasteiger partial charge in [0.15, 0.2) is 0 Å². The van der Waals surface area contributed by atoms with E-state index in [1.807, 2.05) is 0 Å². The number of aliphatic carboxylic acids is 1. The molecule has 0 aromatic rings. The number of carboxylic acid groups (broad SMARTS) is 1. The Labute approximate surface area is 141 Å². The number of ether oxygens (including phenoxy) is 1. The summed E-state index contributed by atoms with van der Waals surface area (Å²) in [5.41, 5.74) is 0. The average molecular weight is 349 g/mol. The summed E-state index contributed by atoms with van der Waals surface area (Å²) in [5.74, 6) is -2.01. The predicted octanol–water partition coefficient (Wildman–Crippen LogP) is 2.75. The van der Waals surface area contributed by atoms with Gasteiger partial charge in [0.1, 0.15) is 0 Å². The van der Waals surface area contributed by atoms with Gasteiger partial charge in [-0.3, -0.25) is 0 Å². The zero-order chi connectivity index (χ0) is 15.1. The quantitative estimate of drug-likeness (QED) is 0.222. The van der Waals surface area contributed by atoms with E-state index in [1.54, 1.807) is 0 Å². The second-order valence-corrected chi connectivity index (χ2v) is 5.00. The van der Waals surface area contributed by atoms with Crippen LogP contribution in [0.2, 0.25) is 0 Å². The standard InChI is InChI=1S/C16H28O4.Zn/c1-2-3-4-5-6-7-8-9-10-11-14-20-16(19)13-12-15(17)18;/h12-13H,2-11,14H2,1H3,(H,17,18);/q;+2/p-1/b13-12+;. The summed E-state index contributed by atoms with van der Waals surface area (Å²) in [6.45, 7) is 2.58. The third-order valence-corrected chi connectivity index (χ3v) is 3.10. The average Bonchev–Trinajstić information content (AvgIpc) is 2.42. The van der Waals surface area contributed by atoms with Gasteiger partial charge in [-0.1, -0.05) is 64.7 Å². The van der Waals surface area contributed by atoms with Crippen molar-refractivity contribution in [3.05, 3.63) is 12.2 Å². The predicted molar refractivity (Wildman–Crippen MR) is 77.0 cm³/mol. The van der Waals surface area contributed by atoms with Crippen LogP contribution in [0.15, 0.2) is 12.2 Å². The third-order valence-electron chi connectivity index (χ3n) is 3.10. The topological polar surface area (TPSA) is 66.4 Å². The van der Waals surface area contributed by atoms with Gasteiger partial charge in [0.25, 0.3) is 0 Å². The van der Waals surface area contributed by atoms with Crippen LogP contribution in [0.5, 0.6) is 0 Å². The molecule has 5 heteroatoms. The molecule has 0 spiro atoms. The molecule has 0 unspecified atom stereocenters. The zero-order valence-corrected chi connectivity index (χ0v) is 16.2. The van der Waals surface area contributed by atoms with Gasteiger partial charge >= 0.3 is 25.4 Å². The number of unbranched alkanes of at least 4 members (excludes halogenated alkanes) is 9. The largest absolute Gasteiger partial charge is 2.00 e. The van der Waals surface area contributed by atoms with Crippen LogP contribution in [0, 0.1) is 0 Å². The van der Waals surface area contributed by atoms with Crippen LogP contribution in [0.3, 0.4) is 0 Å².